The molecule has 0 aliphatic heterocycles. The molecule has 0 aromatic heterocycles. The molecule has 0 atom stereocenters. The maximum Gasteiger partial charge on any atom is 0.337 e. The fourth-order valence-electron chi connectivity index (χ4n) is 2.87. The van der Waals surface area contributed by atoms with E-state index < -0.39 is 16.0 Å². The van der Waals surface area contributed by atoms with Gasteiger partial charge in [0.1, 0.15) is 0 Å². The van der Waals surface area contributed by atoms with Crippen LogP contribution < -0.4 is 4.31 Å². The van der Waals surface area contributed by atoms with E-state index in [2.05, 4.69) is 0 Å². The Kier molecular flexibility index (Phi) is 5.39. The number of hydrogen-bond acceptors (Lipinski definition) is 4. The minimum Gasteiger partial charge on any atom is -0.465 e. The van der Waals surface area contributed by atoms with Gasteiger partial charge in [-0.1, -0.05) is 41.9 Å². The molecule has 0 aliphatic rings. The van der Waals surface area contributed by atoms with Crippen molar-refractivity contribution in [2.75, 3.05) is 18.0 Å². The largest absolute Gasteiger partial charge is 0.465 e. The quantitative estimate of drug-likeness (QED) is 0.588. The van der Waals surface area contributed by atoms with Crippen LogP contribution in [0.25, 0.3) is 10.8 Å². The molecule has 7 heteroatoms. The maximum atomic E-state index is 13.3. The Balaban J connectivity index is 2.12. The molecule has 27 heavy (non-hydrogen) atoms. The van der Waals surface area contributed by atoms with E-state index in [4.69, 9.17) is 16.3 Å². The number of carbonyl (C=O) groups excluding carboxylic acids is 1. The Morgan fingerprint density at radius 3 is 2.41 bits per heavy atom. The van der Waals surface area contributed by atoms with Crippen molar-refractivity contribution < 1.29 is 17.9 Å². The summed E-state index contributed by atoms with van der Waals surface area (Å²) in [6.07, 6.45) is 0. The molecule has 5 nitrogen and oxygen atoms in total. The van der Waals surface area contributed by atoms with Gasteiger partial charge in [0.05, 0.1) is 28.3 Å². The van der Waals surface area contributed by atoms with E-state index in [1.54, 1.807) is 25.1 Å². The van der Waals surface area contributed by atoms with Gasteiger partial charge in [-0.15, -0.1) is 0 Å². The Morgan fingerprint density at radius 2 is 1.74 bits per heavy atom. The summed E-state index contributed by atoms with van der Waals surface area (Å²) in [4.78, 5) is 12.0. The van der Waals surface area contributed by atoms with Gasteiger partial charge >= 0.3 is 5.97 Å². The topological polar surface area (TPSA) is 63.7 Å². The van der Waals surface area contributed by atoms with Gasteiger partial charge in [-0.05, 0) is 48.0 Å². The number of halogens is 1. The predicted molar refractivity (Wildman–Crippen MR) is 107 cm³/mol. The molecule has 0 saturated heterocycles. The van der Waals surface area contributed by atoms with Gasteiger partial charge in [0.2, 0.25) is 0 Å². The fourth-order valence-corrected chi connectivity index (χ4v) is 4.66. The normalized spacial score (nSPS) is 11.4. The van der Waals surface area contributed by atoms with Crippen molar-refractivity contribution in [2.45, 2.75) is 11.8 Å². The van der Waals surface area contributed by atoms with Crippen LogP contribution in [0.4, 0.5) is 5.69 Å². The number of ether oxygens (including phenoxy) is 1. The summed E-state index contributed by atoms with van der Waals surface area (Å²) in [6.45, 7) is 1.86. The van der Waals surface area contributed by atoms with Gasteiger partial charge in [-0.3, -0.25) is 4.31 Å². The Bertz CT molecular complexity index is 1110. The van der Waals surface area contributed by atoms with Gasteiger partial charge in [-0.2, -0.15) is 0 Å². The number of anilines is 1. The Labute approximate surface area is 163 Å². The monoisotopic (exact) mass is 403 g/mol. The molecule has 3 rings (SSSR count). The molecule has 0 unspecified atom stereocenters. The zero-order valence-corrected chi connectivity index (χ0v) is 16.4. The molecule has 0 N–H and O–H groups in total. The van der Waals surface area contributed by atoms with Crippen LogP contribution in [-0.4, -0.2) is 28.0 Å². The SMILES string of the molecule is CCN(c1cc(C(=O)OC)ccc1Cl)S(=O)(=O)c1ccc2ccccc2c1. The Morgan fingerprint density at radius 1 is 1.04 bits per heavy atom. The van der Waals surface area contributed by atoms with Crippen molar-refractivity contribution in [3.63, 3.8) is 0 Å². The number of nitrogens with zero attached hydrogens (tertiary/aromatic N) is 1. The maximum absolute atomic E-state index is 13.3. The highest BCUT2D eigenvalue weighted by molar-refractivity contribution is 7.92. The van der Waals surface area contributed by atoms with Crippen LogP contribution in [-0.2, 0) is 14.8 Å². The summed E-state index contributed by atoms with van der Waals surface area (Å²) < 4.78 is 32.4. The molecule has 0 aliphatic carbocycles. The van der Waals surface area contributed by atoms with Crippen molar-refractivity contribution in [2.24, 2.45) is 0 Å². The van der Waals surface area contributed by atoms with Crippen LogP contribution in [0.15, 0.2) is 65.6 Å². The summed E-state index contributed by atoms with van der Waals surface area (Å²) in [5.41, 5.74) is 0.458. The van der Waals surface area contributed by atoms with E-state index in [1.807, 2.05) is 24.3 Å². The molecule has 0 saturated carbocycles. The molecule has 140 valence electrons. The van der Waals surface area contributed by atoms with E-state index >= 15 is 0 Å². The first-order valence-corrected chi connectivity index (χ1v) is 10.1. The van der Waals surface area contributed by atoms with Crippen molar-refractivity contribution in [1.29, 1.82) is 0 Å². The third kappa shape index (κ3) is 3.63. The van der Waals surface area contributed by atoms with Gasteiger partial charge in [0, 0.05) is 6.54 Å². The lowest BCUT2D eigenvalue weighted by atomic mass is 10.1. The first-order chi connectivity index (χ1) is 12.9. The summed E-state index contributed by atoms with van der Waals surface area (Å²) in [7, 11) is -2.61. The number of methoxy groups -OCH3 is 1. The highest BCUT2D eigenvalue weighted by atomic mass is 35.5. The second kappa shape index (κ2) is 7.58. The van der Waals surface area contributed by atoms with E-state index in [-0.39, 0.29) is 27.7 Å². The van der Waals surface area contributed by atoms with Crippen LogP contribution >= 0.6 is 11.6 Å². The number of fused-ring (bicyclic) bond motifs is 1. The predicted octanol–water partition coefficient (Wildman–Crippen LogP) is 4.50. The van der Waals surface area contributed by atoms with Gasteiger partial charge < -0.3 is 4.74 Å². The molecule has 0 amide bonds. The summed E-state index contributed by atoms with van der Waals surface area (Å²) in [5.74, 6) is -0.563. The molecule has 0 bridgehead atoms. The molecule has 0 radical (unpaired) electrons. The number of benzene rings is 3. The molecular formula is C20H18ClNO4S. The van der Waals surface area contributed by atoms with Gasteiger partial charge in [0.15, 0.2) is 0 Å². The van der Waals surface area contributed by atoms with Crippen LogP contribution in [0.5, 0.6) is 0 Å². The number of carbonyl (C=O) groups is 1. The van der Waals surface area contributed by atoms with E-state index in [0.717, 1.165) is 10.8 Å². The number of sulfonamides is 1. The van der Waals surface area contributed by atoms with Crippen molar-refractivity contribution >= 4 is 44.1 Å². The fraction of sp³-hybridized carbons (Fsp3) is 0.150. The van der Waals surface area contributed by atoms with Crippen LogP contribution in [0, 0.1) is 0 Å². The summed E-state index contributed by atoms with van der Waals surface area (Å²) in [6, 6.07) is 16.9. The molecule has 0 fully saturated rings. The van der Waals surface area contributed by atoms with E-state index in [9.17, 15) is 13.2 Å². The highest BCUT2D eigenvalue weighted by Gasteiger charge is 2.26. The summed E-state index contributed by atoms with van der Waals surface area (Å²) in [5, 5.41) is 2.00. The molecule has 3 aromatic carbocycles. The van der Waals surface area contributed by atoms with Crippen LogP contribution in [0.3, 0.4) is 0 Å². The average molecular weight is 404 g/mol. The van der Waals surface area contributed by atoms with E-state index in [1.165, 1.54) is 29.6 Å². The van der Waals surface area contributed by atoms with E-state index in [0.29, 0.717) is 0 Å². The molecular weight excluding hydrogens is 386 g/mol. The molecule has 0 heterocycles. The van der Waals surface area contributed by atoms with Crippen molar-refractivity contribution in [3.05, 3.63) is 71.2 Å². The first-order valence-electron chi connectivity index (χ1n) is 8.28. The zero-order chi connectivity index (χ0) is 19.6. The third-order valence-electron chi connectivity index (χ3n) is 4.23. The van der Waals surface area contributed by atoms with Crippen molar-refractivity contribution in [1.82, 2.24) is 0 Å². The second-order valence-electron chi connectivity index (χ2n) is 5.84. The van der Waals surface area contributed by atoms with Crippen LogP contribution in [0.1, 0.15) is 17.3 Å². The van der Waals surface area contributed by atoms with Crippen molar-refractivity contribution in [3.8, 4) is 0 Å². The Hall–Kier alpha value is -2.57. The number of rotatable bonds is 5. The lowest BCUT2D eigenvalue weighted by Crippen LogP contribution is -2.31. The minimum atomic E-state index is -3.87. The molecule has 3 aromatic rings. The summed E-state index contributed by atoms with van der Waals surface area (Å²) >= 11 is 6.25. The first kappa shape index (κ1) is 19.2. The number of hydrogen-bond donors (Lipinski definition) is 0. The number of esters is 1. The van der Waals surface area contributed by atoms with Crippen LogP contribution in [0.2, 0.25) is 5.02 Å². The smallest absolute Gasteiger partial charge is 0.337 e. The standard InChI is InChI=1S/C20H18ClNO4S/c1-3-22(19-13-16(20(23)26-2)9-11-18(19)21)27(24,25)17-10-8-14-6-4-5-7-15(14)12-17/h4-13H,3H2,1-2H3. The second-order valence-corrected chi connectivity index (χ2v) is 8.11. The lowest BCUT2D eigenvalue weighted by Gasteiger charge is -2.24. The third-order valence-corrected chi connectivity index (χ3v) is 6.44. The minimum absolute atomic E-state index is 0.152. The van der Waals surface area contributed by atoms with Gasteiger partial charge in [0.25, 0.3) is 10.0 Å². The molecule has 0 spiro atoms. The lowest BCUT2D eigenvalue weighted by molar-refractivity contribution is 0.0600. The average Bonchev–Trinajstić information content (AvgIpc) is 2.68. The zero-order valence-electron chi connectivity index (χ0n) is 14.8. The van der Waals surface area contributed by atoms with Gasteiger partial charge in [-0.25, -0.2) is 13.2 Å². The highest BCUT2D eigenvalue weighted by Crippen LogP contribution is 2.32.